The van der Waals surface area contributed by atoms with Gasteiger partial charge in [0.05, 0.1) is 11.3 Å². The van der Waals surface area contributed by atoms with Crippen LogP contribution in [0.1, 0.15) is 25.6 Å². The van der Waals surface area contributed by atoms with Crippen molar-refractivity contribution < 1.29 is 14.7 Å². The van der Waals surface area contributed by atoms with Crippen molar-refractivity contribution in [2.45, 2.75) is 26.2 Å². The minimum atomic E-state index is -0.903. The smallest absolute Gasteiger partial charge is 0.308 e. The number of hydrogen-bond donors (Lipinski definition) is 2. The SMILES string of the molecule is CC(CNC(=O)C(C)(C)c1cccs1)C(=O)O. The molecule has 1 rings (SSSR count). The first-order valence-electron chi connectivity index (χ1n) is 5.40. The van der Waals surface area contributed by atoms with Gasteiger partial charge in [0, 0.05) is 11.4 Å². The Morgan fingerprint density at radius 2 is 2.18 bits per heavy atom. The van der Waals surface area contributed by atoms with E-state index in [0.717, 1.165) is 4.88 Å². The second-order valence-electron chi connectivity index (χ2n) is 4.55. The Bertz CT molecular complexity index is 398. The van der Waals surface area contributed by atoms with E-state index in [0.29, 0.717) is 0 Å². The van der Waals surface area contributed by atoms with E-state index in [-0.39, 0.29) is 12.5 Å². The molecule has 0 aliphatic heterocycles. The van der Waals surface area contributed by atoms with Crippen molar-refractivity contribution in [3.63, 3.8) is 0 Å². The molecule has 1 aromatic rings. The summed E-state index contributed by atoms with van der Waals surface area (Å²) in [5, 5.41) is 13.3. The summed E-state index contributed by atoms with van der Waals surface area (Å²) in [5.74, 6) is -1.62. The molecule has 0 aromatic carbocycles. The average molecular weight is 255 g/mol. The van der Waals surface area contributed by atoms with Crippen LogP contribution in [0.5, 0.6) is 0 Å². The van der Waals surface area contributed by atoms with Crippen LogP contribution in [0.3, 0.4) is 0 Å². The maximum atomic E-state index is 12.0. The van der Waals surface area contributed by atoms with E-state index in [9.17, 15) is 9.59 Å². The van der Waals surface area contributed by atoms with E-state index >= 15 is 0 Å². The van der Waals surface area contributed by atoms with Gasteiger partial charge in [0.15, 0.2) is 0 Å². The number of carboxylic acid groups (broad SMARTS) is 1. The lowest BCUT2D eigenvalue weighted by atomic mass is 9.90. The quantitative estimate of drug-likeness (QED) is 0.844. The van der Waals surface area contributed by atoms with Gasteiger partial charge in [0.25, 0.3) is 0 Å². The second kappa shape index (κ2) is 5.31. The van der Waals surface area contributed by atoms with E-state index in [4.69, 9.17) is 5.11 Å². The summed E-state index contributed by atoms with van der Waals surface area (Å²) in [6.07, 6.45) is 0. The fourth-order valence-electron chi connectivity index (χ4n) is 1.30. The normalized spacial score (nSPS) is 13.1. The lowest BCUT2D eigenvalue weighted by Crippen LogP contribution is -2.42. The number of nitrogens with one attached hydrogen (secondary N) is 1. The molecule has 0 bridgehead atoms. The van der Waals surface area contributed by atoms with Gasteiger partial charge >= 0.3 is 5.97 Å². The Labute approximate surface area is 105 Å². The summed E-state index contributed by atoms with van der Waals surface area (Å²) >= 11 is 1.52. The third-order valence-electron chi connectivity index (χ3n) is 2.70. The average Bonchev–Trinajstić information content (AvgIpc) is 2.78. The van der Waals surface area contributed by atoms with Crippen LogP contribution in [0.4, 0.5) is 0 Å². The predicted octanol–water partition coefficient (Wildman–Crippen LogP) is 1.86. The summed E-state index contributed by atoms with van der Waals surface area (Å²) in [4.78, 5) is 23.6. The molecule has 17 heavy (non-hydrogen) atoms. The van der Waals surface area contributed by atoms with Gasteiger partial charge in [0.2, 0.25) is 5.91 Å². The molecule has 94 valence electrons. The topological polar surface area (TPSA) is 66.4 Å². The molecule has 5 heteroatoms. The Kier molecular flexibility index (Phi) is 4.28. The minimum absolute atomic E-state index is 0.145. The molecule has 0 fully saturated rings. The largest absolute Gasteiger partial charge is 0.481 e. The number of amides is 1. The molecule has 0 aliphatic carbocycles. The van der Waals surface area contributed by atoms with Crippen molar-refractivity contribution in [1.29, 1.82) is 0 Å². The van der Waals surface area contributed by atoms with Crippen molar-refractivity contribution in [3.05, 3.63) is 22.4 Å². The molecular formula is C12H17NO3S. The highest BCUT2D eigenvalue weighted by Crippen LogP contribution is 2.27. The Morgan fingerprint density at radius 3 is 2.65 bits per heavy atom. The fraction of sp³-hybridized carbons (Fsp3) is 0.500. The van der Waals surface area contributed by atoms with E-state index in [1.165, 1.54) is 11.3 Å². The number of rotatable bonds is 5. The zero-order valence-electron chi connectivity index (χ0n) is 10.2. The molecule has 1 aromatic heterocycles. The molecule has 4 nitrogen and oxygen atoms in total. The number of aliphatic carboxylic acids is 1. The summed E-state index contributed by atoms with van der Waals surface area (Å²) in [6.45, 7) is 5.39. The third kappa shape index (κ3) is 3.30. The molecule has 0 saturated carbocycles. The summed E-state index contributed by atoms with van der Waals surface area (Å²) in [7, 11) is 0. The third-order valence-corrected chi connectivity index (χ3v) is 3.89. The standard InChI is InChI=1S/C12H17NO3S/c1-8(10(14)15)7-13-11(16)12(2,3)9-5-4-6-17-9/h4-6,8H,7H2,1-3H3,(H,13,16)(H,14,15). The van der Waals surface area contributed by atoms with Crippen LogP contribution in [0.25, 0.3) is 0 Å². The summed E-state index contributed by atoms with van der Waals surface area (Å²) < 4.78 is 0. The van der Waals surface area contributed by atoms with Gasteiger partial charge in [-0.15, -0.1) is 11.3 Å². The van der Waals surface area contributed by atoms with E-state index in [1.54, 1.807) is 6.92 Å². The highest BCUT2D eigenvalue weighted by atomic mass is 32.1. The first-order valence-corrected chi connectivity index (χ1v) is 6.28. The molecule has 0 spiro atoms. The zero-order valence-corrected chi connectivity index (χ0v) is 11.0. The highest BCUT2D eigenvalue weighted by molar-refractivity contribution is 7.10. The first-order chi connectivity index (χ1) is 7.85. The number of thiophene rings is 1. The Balaban J connectivity index is 2.61. The van der Waals surface area contributed by atoms with Crippen LogP contribution in [0.15, 0.2) is 17.5 Å². The van der Waals surface area contributed by atoms with Gasteiger partial charge in [-0.05, 0) is 25.3 Å². The monoisotopic (exact) mass is 255 g/mol. The van der Waals surface area contributed by atoms with Crippen molar-refractivity contribution >= 4 is 23.2 Å². The molecule has 1 unspecified atom stereocenters. The van der Waals surface area contributed by atoms with Crippen LogP contribution in [-0.2, 0) is 15.0 Å². The van der Waals surface area contributed by atoms with Crippen molar-refractivity contribution in [3.8, 4) is 0 Å². The van der Waals surface area contributed by atoms with Crippen LogP contribution in [-0.4, -0.2) is 23.5 Å². The molecule has 0 radical (unpaired) electrons. The van der Waals surface area contributed by atoms with Crippen molar-refractivity contribution in [2.75, 3.05) is 6.54 Å². The second-order valence-corrected chi connectivity index (χ2v) is 5.50. The number of carboxylic acids is 1. The number of carbonyl (C=O) groups excluding carboxylic acids is 1. The molecule has 1 amide bonds. The zero-order chi connectivity index (χ0) is 13.1. The van der Waals surface area contributed by atoms with E-state index in [1.807, 2.05) is 31.4 Å². The molecule has 0 saturated heterocycles. The molecular weight excluding hydrogens is 238 g/mol. The predicted molar refractivity (Wildman–Crippen MR) is 67.2 cm³/mol. The lowest BCUT2D eigenvalue weighted by molar-refractivity contribution is -0.141. The maximum Gasteiger partial charge on any atom is 0.308 e. The Hall–Kier alpha value is -1.36. The van der Waals surface area contributed by atoms with Crippen molar-refractivity contribution in [2.24, 2.45) is 5.92 Å². The fourth-order valence-corrected chi connectivity index (χ4v) is 2.15. The van der Waals surface area contributed by atoms with Gasteiger partial charge in [-0.2, -0.15) is 0 Å². The maximum absolute atomic E-state index is 12.0. The number of carbonyl (C=O) groups is 2. The van der Waals surface area contributed by atoms with Crippen LogP contribution >= 0.6 is 11.3 Å². The lowest BCUT2D eigenvalue weighted by Gasteiger charge is -2.22. The Morgan fingerprint density at radius 1 is 1.53 bits per heavy atom. The van der Waals surface area contributed by atoms with Gasteiger partial charge in [-0.3, -0.25) is 9.59 Å². The molecule has 0 aliphatic rings. The van der Waals surface area contributed by atoms with E-state index in [2.05, 4.69) is 5.32 Å². The number of hydrogen-bond acceptors (Lipinski definition) is 3. The summed E-state index contributed by atoms with van der Waals surface area (Å²) in [5.41, 5.74) is -0.619. The first kappa shape index (κ1) is 13.7. The highest BCUT2D eigenvalue weighted by Gasteiger charge is 2.31. The molecule has 1 heterocycles. The van der Waals surface area contributed by atoms with Crippen LogP contribution in [0, 0.1) is 5.92 Å². The van der Waals surface area contributed by atoms with Gasteiger partial charge in [-0.25, -0.2) is 0 Å². The van der Waals surface area contributed by atoms with Gasteiger partial charge in [-0.1, -0.05) is 13.0 Å². The molecule has 2 N–H and O–H groups in total. The van der Waals surface area contributed by atoms with Gasteiger partial charge in [0.1, 0.15) is 0 Å². The molecule has 1 atom stereocenters. The minimum Gasteiger partial charge on any atom is -0.481 e. The van der Waals surface area contributed by atoms with Crippen LogP contribution in [0.2, 0.25) is 0 Å². The van der Waals surface area contributed by atoms with Crippen LogP contribution < -0.4 is 5.32 Å². The van der Waals surface area contributed by atoms with E-state index < -0.39 is 17.3 Å². The summed E-state index contributed by atoms with van der Waals surface area (Å²) in [6, 6.07) is 3.81. The van der Waals surface area contributed by atoms with Gasteiger partial charge < -0.3 is 10.4 Å². The van der Waals surface area contributed by atoms with Crippen molar-refractivity contribution in [1.82, 2.24) is 5.32 Å².